The SMILES string of the molecule is CCCCCCCCCCCOC(=O)CCC(CCCCCCCC)C(C)(C)C. The van der Waals surface area contributed by atoms with Gasteiger partial charge in [-0.3, -0.25) is 4.79 Å². The van der Waals surface area contributed by atoms with E-state index in [0.717, 1.165) is 12.8 Å². The van der Waals surface area contributed by atoms with E-state index in [0.29, 0.717) is 18.9 Å². The fourth-order valence-corrected chi connectivity index (χ4v) is 4.14. The average Bonchev–Trinajstić information content (AvgIpc) is 2.67. The summed E-state index contributed by atoms with van der Waals surface area (Å²) in [5, 5.41) is 0. The van der Waals surface area contributed by atoms with Gasteiger partial charge in [0.15, 0.2) is 0 Å². The molecule has 0 saturated carbocycles. The van der Waals surface area contributed by atoms with E-state index >= 15 is 0 Å². The number of unbranched alkanes of at least 4 members (excludes halogenated alkanes) is 13. The van der Waals surface area contributed by atoms with Crippen LogP contribution in [-0.2, 0) is 9.53 Å². The second kappa shape index (κ2) is 19.4. The molecular weight excluding hydrogens is 356 g/mol. The molecule has 0 aliphatic carbocycles. The molecular formula is C27H54O2. The molecule has 0 N–H and O–H groups in total. The van der Waals surface area contributed by atoms with Gasteiger partial charge in [0.25, 0.3) is 0 Å². The lowest BCUT2D eigenvalue weighted by molar-refractivity contribution is -0.144. The van der Waals surface area contributed by atoms with E-state index in [2.05, 4.69) is 34.6 Å². The molecule has 0 rings (SSSR count). The summed E-state index contributed by atoms with van der Waals surface area (Å²) in [4.78, 5) is 12.1. The minimum Gasteiger partial charge on any atom is -0.466 e. The highest BCUT2D eigenvalue weighted by Crippen LogP contribution is 2.34. The normalized spacial score (nSPS) is 12.9. The summed E-state index contributed by atoms with van der Waals surface area (Å²) >= 11 is 0. The molecule has 0 fully saturated rings. The summed E-state index contributed by atoms with van der Waals surface area (Å²) in [7, 11) is 0. The average molecular weight is 411 g/mol. The molecule has 0 spiro atoms. The van der Waals surface area contributed by atoms with Gasteiger partial charge in [-0.15, -0.1) is 0 Å². The smallest absolute Gasteiger partial charge is 0.305 e. The molecule has 0 aromatic rings. The Morgan fingerprint density at radius 2 is 1.10 bits per heavy atom. The Labute approximate surface area is 184 Å². The molecule has 0 amide bonds. The van der Waals surface area contributed by atoms with Crippen molar-refractivity contribution in [3.05, 3.63) is 0 Å². The van der Waals surface area contributed by atoms with E-state index < -0.39 is 0 Å². The van der Waals surface area contributed by atoms with E-state index in [-0.39, 0.29) is 11.4 Å². The highest BCUT2D eigenvalue weighted by molar-refractivity contribution is 5.69. The van der Waals surface area contributed by atoms with Crippen LogP contribution < -0.4 is 0 Å². The van der Waals surface area contributed by atoms with Crippen molar-refractivity contribution in [3.8, 4) is 0 Å². The lowest BCUT2D eigenvalue weighted by Crippen LogP contribution is -2.22. The quantitative estimate of drug-likeness (QED) is 0.148. The largest absolute Gasteiger partial charge is 0.466 e. The topological polar surface area (TPSA) is 26.3 Å². The van der Waals surface area contributed by atoms with Gasteiger partial charge in [0.1, 0.15) is 0 Å². The number of ether oxygens (including phenoxy) is 1. The van der Waals surface area contributed by atoms with Gasteiger partial charge in [0.2, 0.25) is 0 Å². The van der Waals surface area contributed by atoms with Crippen LogP contribution in [-0.4, -0.2) is 12.6 Å². The van der Waals surface area contributed by atoms with Crippen LogP contribution in [0.2, 0.25) is 0 Å². The Kier molecular flexibility index (Phi) is 19.1. The van der Waals surface area contributed by atoms with Gasteiger partial charge < -0.3 is 4.74 Å². The first-order valence-electron chi connectivity index (χ1n) is 13.1. The molecule has 1 atom stereocenters. The van der Waals surface area contributed by atoms with Crippen molar-refractivity contribution in [3.63, 3.8) is 0 Å². The molecule has 2 nitrogen and oxygen atoms in total. The number of esters is 1. The zero-order valence-electron chi connectivity index (χ0n) is 20.8. The van der Waals surface area contributed by atoms with Crippen LogP contribution in [0.1, 0.15) is 150 Å². The molecule has 2 heteroatoms. The fourth-order valence-electron chi connectivity index (χ4n) is 4.14. The van der Waals surface area contributed by atoms with Crippen LogP contribution in [0.3, 0.4) is 0 Å². The van der Waals surface area contributed by atoms with Crippen molar-refractivity contribution >= 4 is 5.97 Å². The third-order valence-electron chi connectivity index (χ3n) is 6.34. The summed E-state index contributed by atoms with van der Waals surface area (Å²) in [6, 6.07) is 0. The molecule has 29 heavy (non-hydrogen) atoms. The molecule has 1 unspecified atom stereocenters. The molecule has 174 valence electrons. The van der Waals surface area contributed by atoms with Crippen LogP contribution in [0.5, 0.6) is 0 Å². The van der Waals surface area contributed by atoms with Gasteiger partial charge in [-0.1, -0.05) is 125 Å². The summed E-state index contributed by atoms with van der Waals surface area (Å²) in [5.41, 5.74) is 0.279. The monoisotopic (exact) mass is 410 g/mol. The Hall–Kier alpha value is -0.530. The summed E-state index contributed by atoms with van der Waals surface area (Å²) in [6.07, 6.45) is 22.6. The molecule has 0 aliphatic heterocycles. The Morgan fingerprint density at radius 3 is 1.59 bits per heavy atom. The maximum Gasteiger partial charge on any atom is 0.305 e. The second-order valence-corrected chi connectivity index (χ2v) is 10.2. The van der Waals surface area contributed by atoms with Crippen LogP contribution in [0, 0.1) is 11.3 Å². The highest BCUT2D eigenvalue weighted by atomic mass is 16.5. The van der Waals surface area contributed by atoms with Gasteiger partial charge in [-0.25, -0.2) is 0 Å². The lowest BCUT2D eigenvalue weighted by Gasteiger charge is -2.30. The first kappa shape index (κ1) is 28.5. The molecule has 0 bridgehead atoms. The fraction of sp³-hybridized carbons (Fsp3) is 0.963. The van der Waals surface area contributed by atoms with Gasteiger partial charge >= 0.3 is 5.97 Å². The van der Waals surface area contributed by atoms with Gasteiger partial charge in [0, 0.05) is 6.42 Å². The first-order chi connectivity index (χ1) is 13.9. The van der Waals surface area contributed by atoms with Gasteiger partial charge in [-0.05, 0) is 30.6 Å². The number of rotatable bonds is 20. The summed E-state index contributed by atoms with van der Waals surface area (Å²) in [5.74, 6) is 0.635. The van der Waals surface area contributed by atoms with Crippen LogP contribution in [0.4, 0.5) is 0 Å². The third-order valence-corrected chi connectivity index (χ3v) is 6.34. The number of hydrogen-bond acceptors (Lipinski definition) is 2. The molecule has 0 aromatic carbocycles. The standard InChI is InChI=1S/C27H54O2/c1-6-8-10-12-14-15-16-18-20-24-29-26(28)23-22-25(27(3,4)5)21-19-17-13-11-9-7-2/h25H,6-24H2,1-5H3. The van der Waals surface area contributed by atoms with Crippen LogP contribution in [0.25, 0.3) is 0 Å². The molecule has 0 radical (unpaired) electrons. The lowest BCUT2D eigenvalue weighted by atomic mass is 9.75. The zero-order chi connectivity index (χ0) is 21.8. The minimum absolute atomic E-state index is 0.0155. The number of hydrogen-bond donors (Lipinski definition) is 0. The Bertz CT molecular complexity index is 356. The van der Waals surface area contributed by atoms with Crippen molar-refractivity contribution in [2.24, 2.45) is 11.3 Å². The maximum absolute atomic E-state index is 12.1. The number of carbonyl (C=O) groups is 1. The minimum atomic E-state index is 0.0155. The summed E-state index contributed by atoms with van der Waals surface area (Å²) in [6.45, 7) is 12.1. The van der Waals surface area contributed by atoms with E-state index in [4.69, 9.17) is 4.74 Å². The Morgan fingerprint density at radius 1 is 0.655 bits per heavy atom. The number of carbonyl (C=O) groups excluding carboxylic acids is 1. The van der Waals surface area contributed by atoms with E-state index in [1.54, 1.807) is 0 Å². The zero-order valence-corrected chi connectivity index (χ0v) is 20.8. The van der Waals surface area contributed by atoms with Crippen LogP contribution in [0.15, 0.2) is 0 Å². The summed E-state index contributed by atoms with van der Waals surface area (Å²) < 4.78 is 5.50. The maximum atomic E-state index is 12.1. The molecule has 0 aliphatic rings. The van der Waals surface area contributed by atoms with Crippen molar-refractivity contribution in [2.75, 3.05) is 6.61 Å². The van der Waals surface area contributed by atoms with Gasteiger partial charge in [0.05, 0.1) is 6.61 Å². The highest BCUT2D eigenvalue weighted by Gasteiger charge is 2.24. The predicted molar refractivity (Wildman–Crippen MR) is 128 cm³/mol. The van der Waals surface area contributed by atoms with E-state index in [9.17, 15) is 4.79 Å². The predicted octanol–water partition coefficient (Wildman–Crippen LogP) is 9.25. The molecule has 0 aromatic heterocycles. The van der Waals surface area contributed by atoms with Crippen LogP contribution >= 0.6 is 0 Å². The molecule has 0 saturated heterocycles. The van der Waals surface area contributed by atoms with E-state index in [1.807, 2.05) is 0 Å². The van der Waals surface area contributed by atoms with Crippen molar-refractivity contribution in [2.45, 2.75) is 150 Å². The van der Waals surface area contributed by atoms with E-state index in [1.165, 1.54) is 96.3 Å². The Balaban J connectivity index is 3.75. The van der Waals surface area contributed by atoms with Crippen molar-refractivity contribution < 1.29 is 9.53 Å². The second-order valence-electron chi connectivity index (χ2n) is 10.2. The van der Waals surface area contributed by atoms with Crippen molar-refractivity contribution in [1.82, 2.24) is 0 Å². The molecule has 0 heterocycles. The van der Waals surface area contributed by atoms with Crippen molar-refractivity contribution in [1.29, 1.82) is 0 Å². The first-order valence-corrected chi connectivity index (χ1v) is 13.1. The van der Waals surface area contributed by atoms with Gasteiger partial charge in [-0.2, -0.15) is 0 Å². The third kappa shape index (κ3) is 19.2.